The van der Waals surface area contributed by atoms with E-state index in [2.05, 4.69) is 252 Å². The maximum atomic E-state index is 2.43. The molecular weight excluding hydrogens is 725 g/mol. The van der Waals surface area contributed by atoms with E-state index in [1.165, 1.54) is 65.3 Å². The first kappa shape index (κ1) is 35.2. The zero-order valence-electron chi connectivity index (χ0n) is 33.0. The summed E-state index contributed by atoms with van der Waals surface area (Å²) in [7, 11) is 0. The molecule has 0 atom stereocenters. The van der Waals surface area contributed by atoms with E-state index in [4.69, 9.17) is 0 Å². The van der Waals surface area contributed by atoms with Crippen LogP contribution in [0.1, 0.15) is 0 Å². The minimum Gasteiger partial charge on any atom is -0.310 e. The number of para-hydroxylation sites is 2. The van der Waals surface area contributed by atoms with E-state index in [0.717, 1.165) is 34.1 Å². The SMILES string of the molecule is c1ccc(-c2ccc(N(c3ccccc3)c3ccc4c(c3)c3ccccc3c3cc(N(c5ccccc5)c5ccc(-c6ccccc6)cc5)c5ccccc5c43)cc2)cc1. The van der Waals surface area contributed by atoms with E-state index in [1.54, 1.807) is 0 Å². The van der Waals surface area contributed by atoms with Crippen molar-refractivity contribution in [1.29, 1.82) is 0 Å². The lowest BCUT2D eigenvalue weighted by molar-refractivity contribution is 1.29. The molecule has 0 saturated carbocycles. The first-order chi connectivity index (χ1) is 29.8. The van der Waals surface area contributed by atoms with Crippen molar-refractivity contribution in [2.75, 3.05) is 9.80 Å². The number of hydrogen-bond acceptors (Lipinski definition) is 2. The summed E-state index contributed by atoms with van der Waals surface area (Å²) in [6, 6.07) is 87.8. The largest absolute Gasteiger partial charge is 0.310 e. The third kappa shape index (κ3) is 6.23. The van der Waals surface area contributed by atoms with Gasteiger partial charge < -0.3 is 9.80 Å². The Morgan fingerprint density at radius 3 is 1.12 bits per heavy atom. The molecule has 11 aromatic carbocycles. The highest BCUT2D eigenvalue weighted by molar-refractivity contribution is 6.33. The van der Waals surface area contributed by atoms with Gasteiger partial charge in [0.05, 0.1) is 5.69 Å². The van der Waals surface area contributed by atoms with Crippen LogP contribution >= 0.6 is 0 Å². The fraction of sp³-hybridized carbons (Fsp3) is 0. The Labute approximate surface area is 350 Å². The van der Waals surface area contributed by atoms with Gasteiger partial charge in [0.2, 0.25) is 0 Å². The molecule has 0 unspecified atom stereocenters. The minimum atomic E-state index is 1.11. The van der Waals surface area contributed by atoms with Crippen LogP contribution in [-0.4, -0.2) is 0 Å². The van der Waals surface area contributed by atoms with Gasteiger partial charge in [-0.2, -0.15) is 0 Å². The summed E-state index contributed by atoms with van der Waals surface area (Å²) < 4.78 is 0. The number of anilines is 6. The van der Waals surface area contributed by atoms with Crippen LogP contribution in [0.2, 0.25) is 0 Å². The molecular formula is C58H40N2. The molecule has 0 saturated heterocycles. The molecule has 2 heteroatoms. The van der Waals surface area contributed by atoms with Crippen LogP contribution in [0.4, 0.5) is 34.1 Å². The second kappa shape index (κ2) is 15.1. The summed E-state index contributed by atoms with van der Waals surface area (Å²) in [5.74, 6) is 0. The van der Waals surface area contributed by atoms with E-state index >= 15 is 0 Å². The van der Waals surface area contributed by atoms with E-state index in [0.29, 0.717) is 0 Å². The second-order valence-electron chi connectivity index (χ2n) is 15.3. The minimum absolute atomic E-state index is 1.11. The van der Waals surface area contributed by atoms with Crippen LogP contribution in [-0.2, 0) is 0 Å². The molecule has 0 aliphatic rings. The molecule has 0 bridgehead atoms. The van der Waals surface area contributed by atoms with Crippen molar-refractivity contribution in [2.24, 2.45) is 0 Å². The van der Waals surface area contributed by atoms with Gasteiger partial charge in [0.1, 0.15) is 0 Å². The van der Waals surface area contributed by atoms with Gasteiger partial charge in [-0.3, -0.25) is 0 Å². The molecule has 2 nitrogen and oxygen atoms in total. The maximum absolute atomic E-state index is 2.43. The van der Waals surface area contributed by atoms with E-state index < -0.39 is 0 Å². The van der Waals surface area contributed by atoms with Crippen molar-refractivity contribution in [1.82, 2.24) is 0 Å². The normalized spacial score (nSPS) is 11.3. The predicted molar refractivity (Wildman–Crippen MR) is 257 cm³/mol. The molecule has 11 aromatic rings. The number of hydrogen-bond donors (Lipinski definition) is 0. The van der Waals surface area contributed by atoms with Crippen molar-refractivity contribution in [3.63, 3.8) is 0 Å². The van der Waals surface area contributed by atoms with E-state index in [-0.39, 0.29) is 0 Å². The highest BCUT2D eigenvalue weighted by Gasteiger charge is 2.21. The average molecular weight is 765 g/mol. The number of fused-ring (bicyclic) bond motifs is 8. The Morgan fingerprint density at radius 1 is 0.200 bits per heavy atom. The van der Waals surface area contributed by atoms with Crippen molar-refractivity contribution in [3.05, 3.63) is 243 Å². The second-order valence-corrected chi connectivity index (χ2v) is 15.3. The Balaban J connectivity index is 1.12. The predicted octanol–water partition coefficient (Wildman–Crippen LogP) is 16.6. The quantitative estimate of drug-likeness (QED) is 0.142. The van der Waals surface area contributed by atoms with E-state index in [9.17, 15) is 0 Å². The fourth-order valence-corrected chi connectivity index (χ4v) is 9.00. The van der Waals surface area contributed by atoms with Crippen LogP contribution in [0, 0.1) is 0 Å². The monoisotopic (exact) mass is 764 g/mol. The maximum Gasteiger partial charge on any atom is 0.0546 e. The van der Waals surface area contributed by atoms with Gasteiger partial charge in [-0.05, 0) is 127 Å². The standard InChI is InChI=1S/C58H40N2/c1-5-17-41(18-6-1)43-29-33-47(34-30-43)59(45-21-9-3-10-22-45)49-37-38-54-55(39-49)50-25-13-14-26-51(50)56-40-57(52-27-15-16-28-53(52)58(54)56)60(46-23-11-4-12-24-46)48-35-31-44(32-36-48)42-19-7-2-8-20-42/h1-40H. The van der Waals surface area contributed by atoms with Crippen molar-refractivity contribution < 1.29 is 0 Å². The van der Waals surface area contributed by atoms with Gasteiger partial charge in [-0.15, -0.1) is 0 Å². The molecule has 282 valence electrons. The van der Waals surface area contributed by atoms with Crippen LogP contribution in [0.5, 0.6) is 0 Å². The molecule has 0 radical (unpaired) electrons. The first-order valence-electron chi connectivity index (χ1n) is 20.6. The van der Waals surface area contributed by atoms with Gasteiger partial charge >= 0.3 is 0 Å². The lowest BCUT2D eigenvalue weighted by atomic mass is 9.89. The molecule has 0 amide bonds. The molecule has 0 N–H and O–H groups in total. The summed E-state index contributed by atoms with van der Waals surface area (Å²) in [6.45, 7) is 0. The zero-order chi connectivity index (χ0) is 39.8. The topological polar surface area (TPSA) is 6.48 Å². The molecule has 60 heavy (non-hydrogen) atoms. The molecule has 0 aromatic heterocycles. The molecule has 0 heterocycles. The lowest BCUT2D eigenvalue weighted by Gasteiger charge is -2.28. The number of benzene rings is 11. The molecule has 0 spiro atoms. The highest BCUT2D eigenvalue weighted by Crippen LogP contribution is 2.47. The highest BCUT2D eigenvalue weighted by atomic mass is 15.1. The van der Waals surface area contributed by atoms with Crippen LogP contribution in [0.3, 0.4) is 0 Å². The average Bonchev–Trinajstić information content (AvgIpc) is 3.33. The molecule has 0 fully saturated rings. The third-order valence-corrected chi connectivity index (χ3v) is 11.8. The summed E-state index contributed by atoms with van der Waals surface area (Å²) >= 11 is 0. The smallest absolute Gasteiger partial charge is 0.0546 e. The Kier molecular flexibility index (Phi) is 8.87. The zero-order valence-corrected chi connectivity index (χ0v) is 33.0. The van der Waals surface area contributed by atoms with Gasteiger partial charge in [0.15, 0.2) is 0 Å². The Bertz CT molecular complexity index is 3270. The van der Waals surface area contributed by atoms with Crippen LogP contribution in [0.25, 0.3) is 65.3 Å². The Hall–Kier alpha value is -7.94. The lowest BCUT2D eigenvalue weighted by Crippen LogP contribution is -2.11. The van der Waals surface area contributed by atoms with Crippen molar-refractivity contribution >= 4 is 77.2 Å². The van der Waals surface area contributed by atoms with E-state index in [1.807, 2.05) is 0 Å². The van der Waals surface area contributed by atoms with Gasteiger partial charge in [0.25, 0.3) is 0 Å². The number of nitrogens with zero attached hydrogens (tertiary/aromatic N) is 2. The summed E-state index contributed by atoms with van der Waals surface area (Å²) in [6.07, 6.45) is 0. The van der Waals surface area contributed by atoms with Crippen molar-refractivity contribution in [2.45, 2.75) is 0 Å². The first-order valence-corrected chi connectivity index (χ1v) is 20.6. The van der Waals surface area contributed by atoms with Gasteiger partial charge in [0, 0.05) is 33.8 Å². The van der Waals surface area contributed by atoms with Crippen LogP contribution in [0.15, 0.2) is 243 Å². The van der Waals surface area contributed by atoms with Crippen LogP contribution < -0.4 is 9.80 Å². The molecule has 11 rings (SSSR count). The summed E-state index contributed by atoms with van der Waals surface area (Å²) in [4.78, 5) is 4.79. The van der Waals surface area contributed by atoms with Gasteiger partial charge in [-0.25, -0.2) is 0 Å². The third-order valence-electron chi connectivity index (χ3n) is 11.8. The fourth-order valence-electron chi connectivity index (χ4n) is 9.00. The summed E-state index contributed by atoms with van der Waals surface area (Å²) in [5.41, 5.74) is 11.5. The number of rotatable bonds is 8. The summed E-state index contributed by atoms with van der Waals surface area (Å²) in [5, 5.41) is 9.85. The van der Waals surface area contributed by atoms with Gasteiger partial charge in [-0.1, -0.05) is 176 Å². The molecule has 0 aliphatic carbocycles. The Morgan fingerprint density at radius 2 is 0.567 bits per heavy atom. The van der Waals surface area contributed by atoms with Crippen molar-refractivity contribution in [3.8, 4) is 22.3 Å². The molecule has 0 aliphatic heterocycles.